The zero-order valence-corrected chi connectivity index (χ0v) is 9.26. The molecule has 1 atom stereocenters. The standard InChI is InChI=1S/C11H14N2O4/c14-11(4-5-17-8-11)7-12-9-2-1-3-10(6-9)13(15)16/h1-3,6,12,14H,4-5,7-8H2. The maximum atomic E-state index is 10.6. The van der Waals surface area contributed by atoms with E-state index < -0.39 is 10.5 Å². The zero-order valence-electron chi connectivity index (χ0n) is 9.26. The summed E-state index contributed by atoms with van der Waals surface area (Å²) in [5.74, 6) is 0. The lowest BCUT2D eigenvalue weighted by Gasteiger charge is -2.21. The molecule has 17 heavy (non-hydrogen) atoms. The number of hydrogen-bond acceptors (Lipinski definition) is 5. The third kappa shape index (κ3) is 2.92. The van der Waals surface area contributed by atoms with Gasteiger partial charge >= 0.3 is 0 Å². The van der Waals surface area contributed by atoms with Gasteiger partial charge in [-0.05, 0) is 6.07 Å². The Morgan fingerprint density at radius 2 is 2.41 bits per heavy atom. The smallest absolute Gasteiger partial charge is 0.271 e. The number of benzene rings is 1. The van der Waals surface area contributed by atoms with Gasteiger partial charge in [0.1, 0.15) is 5.60 Å². The number of nitro benzene ring substituents is 1. The van der Waals surface area contributed by atoms with Crippen LogP contribution in [-0.2, 0) is 4.74 Å². The molecular formula is C11H14N2O4. The van der Waals surface area contributed by atoms with Gasteiger partial charge in [0.05, 0.1) is 11.5 Å². The fourth-order valence-corrected chi connectivity index (χ4v) is 1.73. The lowest BCUT2D eigenvalue weighted by Crippen LogP contribution is -2.37. The molecule has 0 amide bonds. The summed E-state index contributed by atoms with van der Waals surface area (Å²) < 4.78 is 5.11. The van der Waals surface area contributed by atoms with Crippen molar-refractivity contribution < 1.29 is 14.8 Å². The molecule has 2 rings (SSSR count). The predicted molar refractivity (Wildman–Crippen MR) is 62.0 cm³/mol. The van der Waals surface area contributed by atoms with Crippen LogP contribution in [0.1, 0.15) is 6.42 Å². The maximum absolute atomic E-state index is 10.6. The van der Waals surface area contributed by atoms with Crippen molar-refractivity contribution in [1.82, 2.24) is 0 Å². The first kappa shape index (κ1) is 11.8. The average Bonchev–Trinajstić information content (AvgIpc) is 2.75. The Bertz CT molecular complexity index is 416. The number of non-ortho nitro benzene ring substituents is 1. The van der Waals surface area contributed by atoms with E-state index in [1.54, 1.807) is 12.1 Å². The SMILES string of the molecule is O=[N+]([O-])c1cccc(NCC2(O)CCOC2)c1. The van der Waals surface area contributed by atoms with Crippen LogP contribution in [0.25, 0.3) is 0 Å². The van der Waals surface area contributed by atoms with Crippen molar-refractivity contribution >= 4 is 11.4 Å². The Balaban J connectivity index is 1.99. The zero-order chi connectivity index (χ0) is 12.3. The summed E-state index contributed by atoms with van der Waals surface area (Å²) in [6, 6.07) is 6.21. The molecule has 0 aromatic heterocycles. The lowest BCUT2D eigenvalue weighted by atomic mass is 10.0. The molecule has 0 bridgehead atoms. The van der Waals surface area contributed by atoms with Gasteiger partial charge in [0, 0.05) is 37.4 Å². The Kier molecular flexibility index (Phi) is 3.26. The third-order valence-corrected chi connectivity index (χ3v) is 2.76. The third-order valence-electron chi connectivity index (χ3n) is 2.76. The second-order valence-corrected chi connectivity index (χ2v) is 4.19. The molecular weight excluding hydrogens is 224 g/mol. The van der Waals surface area contributed by atoms with Crippen molar-refractivity contribution in [2.24, 2.45) is 0 Å². The summed E-state index contributed by atoms with van der Waals surface area (Å²) in [5.41, 5.74) is -0.214. The Hall–Kier alpha value is -1.66. The van der Waals surface area contributed by atoms with Gasteiger partial charge in [-0.1, -0.05) is 6.07 Å². The summed E-state index contributed by atoms with van der Waals surface area (Å²) in [7, 11) is 0. The van der Waals surface area contributed by atoms with E-state index >= 15 is 0 Å². The van der Waals surface area contributed by atoms with Crippen molar-refractivity contribution in [3.8, 4) is 0 Å². The van der Waals surface area contributed by atoms with E-state index in [4.69, 9.17) is 4.74 Å². The van der Waals surface area contributed by atoms with Gasteiger partial charge in [-0.2, -0.15) is 0 Å². The fraction of sp³-hybridized carbons (Fsp3) is 0.455. The fourth-order valence-electron chi connectivity index (χ4n) is 1.73. The maximum Gasteiger partial charge on any atom is 0.271 e. The minimum atomic E-state index is -0.870. The number of ether oxygens (including phenoxy) is 1. The van der Waals surface area contributed by atoms with Crippen LogP contribution in [-0.4, -0.2) is 35.4 Å². The molecule has 6 nitrogen and oxygen atoms in total. The molecule has 1 aliphatic heterocycles. The number of rotatable bonds is 4. The van der Waals surface area contributed by atoms with E-state index in [0.717, 1.165) is 0 Å². The van der Waals surface area contributed by atoms with Crippen LogP contribution in [0, 0.1) is 10.1 Å². The lowest BCUT2D eigenvalue weighted by molar-refractivity contribution is -0.384. The predicted octanol–water partition coefficient (Wildman–Crippen LogP) is 1.16. The minimum absolute atomic E-state index is 0.0321. The molecule has 0 spiro atoms. The van der Waals surface area contributed by atoms with E-state index in [2.05, 4.69) is 5.32 Å². The van der Waals surface area contributed by atoms with E-state index in [9.17, 15) is 15.2 Å². The topological polar surface area (TPSA) is 84.6 Å². The number of anilines is 1. The summed E-state index contributed by atoms with van der Waals surface area (Å²) in [4.78, 5) is 10.1. The van der Waals surface area contributed by atoms with Gasteiger partial charge in [0.25, 0.3) is 5.69 Å². The molecule has 0 radical (unpaired) electrons. The van der Waals surface area contributed by atoms with Gasteiger partial charge < -0.3 is 15.2 Å². The van der Waals surface area contributed by atoms with Crippen LogP contribution < -0.4 is 5.32 Å². The summed E-state index contributed by atoms with van der Waals surface area (Å²) in [5, 5.41) is 23.6. The summed E-state index contributed by atoms with van der Waals surface area (Å²) in [6.45, 7) is 1.18. The number of aliphatic hydroxyl groups is 1. The van der Waals surface area contributed by atoms with Crippen molar-refractivity contribution in [3.05, 3.63) is 34.4 Å². The van der Waals surface area contributed by atoms with E-state index in [1.807, 2.05) is 0 Å². The molecule has 1 unspecified atom stereocenters. The second kappa shape index (κ2) is 4.68. The molecule has 2 N–H and O–H groups in total. The van der Waals surface area contributed by atoms with E-state index in [1.165, 1.54) is 12.1 Å². The van der Waals surface area contributed by atoms with Gasteiger partial charge in [-0.15, -0.1) is 0 Å². The number of nitrogens with zero attached hydrogens (tertiary/aromatic N) is 1. The van der Waals surface area contributed by atoms with Crippen LogP contribution in [0.5, 0.6) is 0 Å². The first-order valence-corrected chi connectivity index (χ1v) is 5.38. The minimum Gasteiger partial charge on any atom is -0.386 e. The van der Waals surface area contributed by atoms with Crippen molar-refractivity contribution in [2.45, 2.75) is 12.0 Å². The molecule has 1 aromatic carbocycles. The molecule has 6 heteroatoms. The highest BCUT2D eigenvalue weighted by Gasteiger charge is 2.31. The number of nitrogens with one attached hydrogen (secondary N) is 1. The quantitative estimate of drug-likeness (QED) is 0.607. The van der Waals surface area contributed by atoms with Crippen LogP contribution >= 0.6 is 0 Å². The largest absolute Gasteiger partial charge is 0.386 e. The highest BCUT2D eigenvalue weighted by Crippen LogP contribution is 2.21. The van der Waals surface area contributed by atoms with E-state index in [-0.39, 0.29) is 5.69 Å². The van der Waals surface area contributed by atoms with Gasteiger partial charge in [-0.3, -0.25) is 10.1 Å². The Morgan fingerprint density at radius 1 is 1.59 bits per heavy atom. The van der Waals surface area contributed by atoms with Crippen LogP contribution in [0.3, 0.4) is 0 Å². The Morgan fingerprint density at radius 3 is 3.06 bits per heavy atom. The summed E-state index contributed by atoms with van der Waals surface area (Å²) in [6.07, 6.45) is 0.578. The van der Waals surface area contributed by atoms with Crippen LogP contribution in [0.4, 0.5) is 11.4 Å². The first-order valence-electron chi connectivity index (χ1n) is 5.38. The molecule has 1 aromatic rings. The molecule has 1 heterocycles. The van der Waals surface area contributed by atoms with Crippen LogP contribution in [0.2, 0.25) is 0 Å². The molecule has 1 fully saturated rings. The van der Waals surface area contributed by atoms with E-state index in [0.29, 0.717) is 31.9 Å². The molecule has 1 aliphatic rings. The molecule has 1 saturated heterocycles. The monoisotopic (exact) mass is 238 g/mol. The van der Waals surface area contributed by atoms with Gasteiger partial charge in [0.15, 0.2) is 0 Å². The van der Waals surface area contributed by atoms with Crippen LogP contribution in [0.15, 0.2) is 24.3 Å². The average molecular weight is 238 g/mol. The van der Waals surface area contributed by atoms with Crippen molar-refractivity contribution in [2.75, 3.05) is 25.1 Å². The Labute approximate surface area is 98.4 Å². The molecule has 0 aliphatic carbocycles. The molecule has 92 valence electrons. The second-order valence-electron chi connectivity index (χ2n) is 4.19. The number of nitro groups is 1. The van der Waals surface area contributed by atoms with Gasteiger partial charge in [-0.25, -0.2) is 0 Å². The highest BCUT2D eigenvalue weighted by molar-refractivity contribution is 5.51. The first-order chi connectivity index (χ1) is 8.09. The van der Waals surface area contributed by atoms with Crippen molar-refractivity contribution in [1.29, 1.82) is 0 Å². The number of hydrogen-bond donors (Lipinski definition) is 2. The highest BCUT2D eigenvalue weighted by atomic mass is 16.6. The normalized spacial score (nSPS) is 23.6. The summed E-state index contributed by atoms with van der Waals surface area (Å²) >= 11 is 0. The van der Waals surface area contributed by atoms with Crippen molar-refractivity contribution in [3.63, 3.8) is 0 Å². The van der Waals surface area contributed by atoms with Gasteiger partial charge in [0.2, 0.25) is 0 Å². The molecule has 0 saturated carbocycles.